The molecule has 25 heavy (non-hydrogen) atoms. The first kappa shape index (κ1) is 19.8. The molecule has 0 aliphatic carbocycles. The van der Waals surface area contributed by atoms with Gasteiger partial charge in [-0.1, -0.05) is 41.4 Å². The minimum atomic E-state index is -4.61. The van der Waals surface area contributed by atoms with E-state index >= 15 is 0 Å². The number of thioether (sulfide) groups is 1. The van der Waals surface area contributed by atoms with E-state index in [0.717, 1.165) is 17.6 Å². The van der Waals surface area contributed by atoms with Crippen LogP contribution in [0.3, 0.4) is 0 Å². The molecule has 0 bridgehead atoms. The lowest BCUT2D eigenvalue weighted by Crippen LogP contribution is -2.14. The SMILES string of the molecule is CC#CCSc1nsc(CC(=O)Cc2cccc(Cl)c2C(F)(F)F)n1. The molecule has 132 valence electrons. The van der Waals surface area contributed by atoms with Crippen molar-refractivity contribution >= 4 is 40.7 Å². The number of nitrogens with zero attached hydrogens (tertiary/aromatic N) is 2. The maximum atomic E-state index is 13.1. The van der Waals surface area contributed by atoms with Gasteiger partial charge in [-0.2, -0.15) is 17.5 Å². The largest absolute Gasteiger partial charge is 0.418 e. The van der Waals surface area contributed by atoms with Crippen molar-refractivity contribution in [2.24, 2.45) is 0 Å². The normalized spacial score (nSPS) is 11.1. The van der Waals surface area contributed by atoms with Crippen LogP contribution in [-0.4, -0.2) is 20.9 Å². The molecule has 0 atom stereocenters. The van der Waals surface area contributed by atoms with Crippen LogP contribution >= 0.6 is 34.9 Å². The first-order valence-electron chi connectivity index (χ1n) is 7.02. The quantitative estimate of drug-likeness (QED) is 0.518. The highest BCUT2D eigenvalue weighted by Crippen LogP contribution is 2.37. The van der Waals surface area contributed by atoms with E-state index in [1.165, 1.54) is 23.9 Å². The number of rotatable bonds is 6. The molecule has 0 aliphatic rings. The molecular formula is C16H12ClF3N2OS2. The topological polar surface area (TPSA) is 42.9 Å². The van der Waals surface area contributed by atoms with E-state index in [1.807, 2.05) is 0 Å². The number of hydrogen-bond donors (Lipinski definition) is 0. The van der Waals surface area contributed by atoms with Gasteiger partial charge in [0, 0.05) is 6.42 Å². The van der Waals surface area contributed by atoms with Crippen LogP contribution in [0.2, 0.25) is 5.02 Å². The Bertz CT molecular complexity index is 825. The summed E-state index contributed by atoms with van der Waals surface area (Å²) in [4.78, 5) is 16.3. The van der Waals surface area contributed by atoms with Crippen LogP contribution in [0.1, 0.15) is 23.1 Å². The monoisotopic (exact) mass is 404 g/mol. The Labute approximate surface area is 156 Å². The molecule has 1 heterocycles. The Morgan fingerprint density at radius 2 is 2.12 bits per heavy atom. The second kappa shape index (κ2) is 8.70. The third kappa shape index (κ3) is 5.73. The summed E-state index contributed by atoms with van der Waals surface area (Å²) in [5, 5.41) is 0.561. The molecule has 1 aromatic carbocycles. The van der Waals surface area contributed by atoms with Gasteiger partial charge in [0.2, 0.25) is 5.16 Å². The van der Waals surface area contributed by atoms with Crippen LogP contribution in [0.15, 0.2) is 23.4 Å². The van der Waals surface area contributed by atoms with Crippen LogP contribution in [0.4, 0.5) is 13.2 Å². The average Bonchev–Trinajstić information content (AvgIpc) is 2.93. The lowest BCUT2D eigenvalue weighted by Gasteiger charge is -2.13. The number of halogens is 4. The molecule has 0 N–H and O–H groups in total. The summed E-state index contributed by atoms with van der Waals surface area (Å²) in [6, 6.07) is 3.82. The van der Waals surface area contributed by atoms with Gasteiger partial charge in [0.1, 0.15) is 10.8 Å². The van der Waals surface area contributed by atoms with E-state index in [9.17, 15) is 18.0 Å². The van der Waals surface area contributed by atoms with Crippen molar-refractivity contribution in [3.8, 4) is 11.8 Å². The van der Waals surface area contributed by atoms with Crippen molar-refractivity contribution in [2.75, 3.05) is 5.75 Å². The molecule has 0 aliphatic heterocycles. The van der Waals surface area contributed by atoms with E-state index in [1.54, 1.807) is 6.92 Å². The van der Waals surface area contributed by atoms with Gasteiger partial charge in [-0.15, -0.1) is 5.92 Å². The van der Waals surface area contributed by atoms with Crippen molar-refractivity contribution in [1.82, 2.24) is 9.36 Å². The highest BCUT2D eigenvalue weighted by Gasteiger charge is 2.36. The fourth-order valence-electron chi connectivity index (χ4n) is 2.02. The number of ketones is 1. The molecule has 9 heteroatoms. The first-order chi connectivity index (χ1) is 11.8. The highest BCUT2D eigenvalue weighted by atomic mass is 35.5. The predicted octanol–water partition coefficient (Wildman–Crippen LogP) is 4.68. The number of carbonyl (C=O) groups is 1. The van der Waals surface area contributed by atoms with Gasteiger partial charge in [0.15, 0.2) is 0 Å². The molecule has 2 rings (SSSR count). The molecule has 0 saturated carbocycles. The average molecular weight is 405 g/mol. The maximum Gasteiger partial charge on any atom is 0.418 e. The van der Waals surface area contributed by atoms with E-state index in [2.05, 4.69) is 21.2 Å². The number of alkyl halides is 3. The van der Waals surface area contributed by atoms with E-state index in [0.29, 0.717) is 15.9 Å². The van der Waals surface area contributed by atoms with Crippen LogP contribution in [0, 0.1) is 11.8 Å². The Morgan fingerprint density at radius 1 is 1.36 bits per heavy atom. The van der Waals surface area contributed by atoms with Crippen molar-refractivity contribution in [1.29, 1.82) is 0 Å². The third-order valence-electron chi connectivity index (χ3n) is 3.02. The zero-order valence-corrected chi connectivity index (χ0v) is 15.4. The number of carbonyl (C=O) groups excluding carboxylic acids is 1. The van der Waals surface area contributed by atoms with Gasteiger partial charge in [-0.25, -0.2) is 4.98 Å². The molecule has 0 saturated heterocycles. The predicted molar refractivity (Wildman–Crippen MR) is 93.0 cm³/mol. The summed E-state index contributed by atoms with van der Waals surface area (Å²) in [5.41, 5.74) is -1.10. The standard InChI is InChI=1S/C16H12ClF3N2OS2/c1-2-3-7-24-15-21-13(25-22-15)9-11(23)8-10-5-4-6-12(17)14(10)16(18,19)20/h4-6H,7-9H2,1H3. The Hall–Kier alpha value is -1.56. The van der Waals surface area contributed by atoms with Crippen LogP contribution in [0.25, 0.3) is 0 Å². The third-order valence-corrected chi connectivity index (χ3v) is 4.89. The summed E-state index contributed by atoms with van der Waals surface area (Å²) in [7, 11) is 0. The van der Waals surface area contributed by atoms with Gasteiger partial charge >= 0.3 is 6.18 Å². The zero-order chi connectivity index (χ0) is 18.4. The summed E-state index contributed by atoms with van der Waals surface area (Å²) in [5.74, 6) is 5.76. The lowest BCUT2D eigenvalue weighted by molar-refractivity contribution is -0.138. The van der Waals surface area contributed by atoms with Crippen molar-refractivity contribution in [3.05, 3.63) is 39.4 Å². The summed E-state index contributed by atoms with van der Waals surface area (Å²) >= 11 is 8.06. The zero-order valence-electron chi connectivity index (χ0n) is 13.0. The van der Waals surface area contributed by atoms with Crippen LogP contribution < -0.4 is 0 Å². The Balaban J connectivity index is 2.06. The first-order valence-corrected chi connectivity index (χ1v) is 9.16. The van der Waals surface area contributed by atoms with Crippen molar-refractivity contribution < 1.29 is 18.0 Å². The van der Waals surface area contributed by atoms with Crippen LogP contribution in [0.5, 0.6) is 0 Å². The fourth-order valence-corrected chi connectivity index (χ4v) is 3.80. The van der Waals surface area contributed by atoms with Gasteiger partial charge < -0.3 is 0 Å². The number of Topliss-reactive ketones (excluding diaryl/α,β-unsaturated/α-hetero) is 1. The second-order valence-electron chi connectivity index (χ2n) is 4.85. The Kier molecular flexibility index (Phi) is 6.87. The number of hydrogen-bond acceptors (Lipinski definition) is 5. The molecular weight excluding hydrogens is 393 g/mol. The summed E-state index contributed by atoms with van der Waals surface area (Å²) in [6.45, 7) is 1.73. The summed E-state index contributed by atoms with van der Waals surface area (Å²) in [6.07, 6.45) is -5.04. The Morgan fingerprint density at radius 3 is 2.80 bits per heavy atom. The summed E-state index contributed by atoms with van der Waals surface area (Å²) < 4.78 is 43.4. The molecule has 3 nitrogen and oxygen atoms in total. The minimum Gasteiger partial charge on any atom is -0.299 e. The molecule has 1 aromatic heterocycles. The maximum absolute atomic E-state index is 13.1. The van der Waals surface area contributed by atoms with Gasteiger partial charge in [0.25, 0.3) is 0 Å². The van der Waals surface area contributed by atoms with Gasteiger partial charge in [0.05, 0.1) is 22.8 Å². The molecule has 0 fully saturated rings. The molecule has 0 unspecified atom stereocenters. The number of aromatic nitrogens is 2. The van der Waals surface area contributed by atoms with Crippen LogP contribution in [-0.2, 0) is 23.8 Å². The molecule has 0 spiro atoms. The number of benzene rings is 1. The van der Waals surface area contributed by atoms with Crippen molar-refractivity contribution in [2.45, 2.75) is 31.1 Å². The molecule has 0 amide bonds. The highest BCUT2D eigenvalue weighted by molar-refractivity contribution is 7.99. The van der Waals surface area contributed by atoms with Crippen molar-refractivity contribution in [3.63, 3.8) is 0 Å². The van der Waals surface area contributed by atoms with E-state index in [-0.39, 0.29) is 24.2 Å². The van der Waals surface area contributed by atoms with E-state index in [4.69, 9.17) is 11.6 Å². The minimum absolute atomic E-state index is 0.0680. The molecule has 2 aromatic rings. The van der Waals surface area contributed by atoms with Gasteiger partial charge in [-0.05, 0) is 30.1 Å². The van der Waals surface area contributed by atoms with Gasteiger partial charge in [-0.3, -0.25) is 4.79 Å². The fraction of sp³-hybridized carbons (Fsp3) is 0.312. The second-order valence-corrected chi connectivity index (χ2v) is 7.04. The molecule has 0 radical (unpaired) electrons. The lowest BCUT2D eigenvalue weighted by atomic mass is 10.0. The van der Waals surface area contributed by atoms with E-state index < -0.39 is 16.8 Å². The smallest absolute Gasteiger partial charge is 0.299 e.